The van der Waals surface area contributed by atoms with Crippen LogP contribution in [-0.4, -0.2) is 69.4 Å². The summed E-state index contributed by atoms with van der Waals surface area (Å²) in [5, 5.41) is 18.1. The molecule has 3 aromatic heterocycles. The average Bonchev–Trinajstić information content (AvgIpc) is 3.52. The van der Waals surface area contributed by atoms with Crippen LogP contribution in [0.3, 0.4) is 0 Å². The van der Waals surface area contributed by atoms with E-state index in [-0.39, 0.29) is 17.3 Å². The van der Waals surface area contributed by atoms with Crippen molar-refractivity contribution in [2.45, 2.75) is 24.0 Å². The molecule has 0 aliphatic heterocycles. The van der Waals surface area contributed by atoms with Gasteiger partial charge in [-0.05, 0) is 25.1 Å². The summed E-state index contributed by atoms with van der Waals surface area (Å²) in [7, 11) is 2.26. The van der Waals surface area contributed by atoms with Crippen LogP contribution in [0.2, 0.25) is 0 Å². The highest BCUT2D eigenvalue weighted by Gasteiger charge is 2.34. The van der Waals surface area contributed by atoms with E-state index in [1.165, 1.54) is 39.1 Å². The predicted molar refractivity (Wildman–Crippen MR) is 134 cm³/mol. The molecule has 0 saturated heterocycles. The summed E-state index contributed by atoms with van der Waals surface area (Å²) in [6.07, 6.45) is 1.74. The molecule has 4 rings (SSSR count). The molecule has 0 bridgehead atoms. The molecule has 1 N–H and O–H groups in total. The first-order valence-corrected chi connectivity index (χ1v) is 13.0. The number of aromatic nitrogens is 6. The number of aryl methyl sites for hydroxylation is 1. The average molecular weight is 529 g/mol. The van der Waals surface area contributed by atoms with Crippen LogP contribution in [0.4, 0.5) is 0 Å². The van der Waals surface area contributed by atoms with Gasteiger partial charge >= 0.3 is 0 Å². The lowest BCUT2D eigenvalue weighted by atomic mass is 10.2. The van der Waals surface area contributed by atoms with E-state index in [0.717, 1.165) is 0 Å². The highest BCUT2D eigenvalue weighted by molar-refractivity contribution is 7.91. The zero-order valence-corrected chi connectivity index (χ0v) is 21.9. The molecule has 4 aromatic rings. The summed E-state index contributed by atoms with van der Waals surface area (Å²) in [5.74, 6) is 0.968. The number of ether oxygens (including phenoxy) is 3. The van der Waals surface area contributed by atoms with Crippen LogP contribution in [0.15, 0.2) is 48.9 Å². The van der Waals surface area contributed by atoms with Gasteiger partial charge in [0.15, 0.2) is 21.5 Å². The maximum Gasteiger partial charge on any atom is 0.213 e. The minimum absolute atomic E-state index is 0.0856. The van der Waals surface area contributed by atoms with Gasteiger partial charge in [0.25, 0.3) is 0 Å². The molecule has 3 heterocycles. The van der Waals surface area contributed by atoms with Crippen LogP contribution in [0, 0.1) is 0 Å². The lowest BCUT2D eigenvalue weighted by molar-refractivity contribution is 0.171. The van der Waals surface area contributed by atoms with E-state index in [2.05, 4.69) is 20.2 Å². The topological polar surface area (TPSA) is 143 Å². The molecule has 196 valence electrons. The van der Waals surface area contributed by atoms with E-state index in [0.29, 0.717) is 28.8 Å². The van der Waals surface area contributed by atoms with E-state index < -0.39 is 26.9 Å². The van der Waals surface area contributed by atoms with Gasteiger partial charge in [0.05, 0.1) is 38.6 Å². The van der Waals surface area contributed by atoms with E-state index in [4.69, 9.17) is 14.2 Å². The van der Waals surface area contributed by atoms with Crippen molar-refractivity contribution in [1.29, 1.82) is 0 Å². The number of benzene rings is 1. The first-order valence-electron chi connectivity index (χ1n) is 11.2. The number of hydrogen-bond donors (Lipinski definition) is 1. The maximum atomic E-state index is 13.5. The number of rotatable bonds is 10. The van der Waals surface area contributed by atoms with Gasteiger partial charge in [-0.25, -0.2) is 18.4 Å². The quantitative estimate of drug-likeness (QED) is 0.325. The van der Waals surface area contributed by atoms with Crippen molar-refractivity contribution in [3.05, 3.63) is 60.4 Å². The monoisotopic (exact) mass is 528 g/mol. The number of sulfone groups is 1. The first kappa shape index (κ1) is 26.1. The Morgan fingerprint density at radius 2 is 1.68 bits per heavy atom. The minimum atomic E-state index is -3.95. The molecule has 0 amide bonds. The maximum absolute atomic E-state index is 13.5. The molecule has 0 aliphatic rings. The molecule has 0 unspecified atom stereocenters. The number of para-hydroxylation sites is 1. The van der Waals surface area contributed by atoms with Gasteiger partial charge in [-0.3, -0.25) is 4.57 Å². The number of aliphatic hydroxyl groups excluding tert-OH is 1. The van der Waals surface area contributed by atoms with Crippen molar-refractivity contribution >= 4 is 9.84 Å². The zero-order valence-electron chi connectivity index (χ0n) is 21.1. The number of pyridine rings is 1. The number of aliphatic hydroxyl groups is 1. The number of imidazole rings is 1. The molecular formula is C24H28N6O6S. The molecule has 13 heteroatoms. The number of methoxy groups -OCH3 is 3. The van der Waals surface area contributed by atoms with E-state index in [1.807, 2.05) is 0 Å². The molecule has 0 spiro atoms. The highest BCUT2D eigenvalue weighted by atomic mass is 32.2. The molecule has 12 nitrogen and oxygen atoms in total. The summed E-state index contributed by atoms with van der Waals surface area (Å²) < 4.78 is 46.6. The summed E-state index contributed by atoms with van der Waals surface area (Å²) in [6, 6.07) is 10.3. The SMILES string of the molecule is COc1cccc(-c2nnc(CS(=O)(=O)[C@H](C)[C@H](O)c3cn(C)cn3)n2-c2c(OC)cccc2OC)n1. The second kappa shape index (κ2) is 10.6. The Labute approximate surface area is 214 Å². The second-order valence-corrected chi connectivity index (χ2v) is 10.6. The first-order chi connectivity index (χ1) is 17.7. The van der Waals surface area contributed by atoms with Crippen molar-refractivity contribution in [3.8, 4) is 34.6 Å². The Kier molecular flexibility index (Phi) is 7.45. The fourth-order valence-electron chi connectivity index (χ4n) is 3.85. The van der Waals surface area contributed by atoms with Crippen LogP contribution >= 0.6 is 0 Å². The molecule has 0 radical (unpaired) electrons. The van der Waals surface area contributed by atoms with Crippen molar-refractivity contribution < 1.29 is 27.7 Å². The standard InChI is InChI=1S/C24H28N6O6S/c1-15(23(31)17-12-29(2)14-25-17)37(32,33)13-20-27-28-24(16-8-6-11-21(26-16)36-5)30(20)22-18(34-3)9-7-10-19(22)35-4/h6-12,14-15,23,31H,13H2,1-5H3/t15-,23+/m1/s1. The van der Waals surface area contributed by atoms with Crippen molar-refractivity contribution in [1.82, 2.24) is 29.3 Å². The summed E-state index contributed by atoms with van der Waals surface area (Å²) in [4.78, 5) is 8.54. The molecule has 0 saturated carbocycles. The van der Waals surface area contributed by atoms with Gasteiger partial charge in [0.2, 0.25) is 5.88 Å². The Bertz CT molecular complexity index is 1480. The second-order valence-electron chi connectivity index (χ2n) is 8.27. The van der Waals surface area contributed by atoms with Crippen LogP contribution in [-0.2, 0) is 22.6 Å². The summed E-state index contributed by atoms with van der Waals surface area (Å²) >= 11 is 0. The largest absolute Gasteiger partial charge is 0.494 e. The van der Waals surface area contributed by atoms with Gasteiger partial charge in [-0.1, -0.05) is 12.1 Å². The molecule has 1 aromatic carbocycles. The lowest BCUT2D eigenvalue weighted by Crippen LogP contribution is -2.28. The van der Waals surface area contributed by atoms with Crippen LogP contribution < -0.4 is 14.2 Å². The molecule has 0 aliphatic carbocycles. The smallest absolute Gasteiger partial charge is 0.213 e. The Balaban J connectivity index is 1.85. The van der Waals surface area contributed by atoms with Gasteiger partial charge in [0, 0.05) is 19.3 Å². The summed E-state index contributed by atoms with van der Waals surface area (Å²) in [6.45, 7) is 1.43. The van der Waals surface area contributed by atoms with Gasteiger partial charge in [-0.15, -0.1) is 10.2 Å². The van der Waals surface area contributed by atoms with E-state index >= 15 is 0 Å². The third kappa shape index (κ3) is 5.13. The third-order valence-corrected chi connectivity index (χ3v) is 7.94. The van der Waals surface area contributed by atoms with Crippen LogP contribution in [0.1, 0.15) is 24.5 Å². The Morgan fingerprint density at radius 3 is 2.27 bits per heavy atom. The number of nitrogens with zero attached hydrogens (tertiary/aromatic N) is 6. The third-order valence-electron chi connectivity index (χ3n) is 5.89. The van der Waals surface area contributed by atoms with Gasteiger partial charge in [-0.2, -0.15) is 0 Å². The van der Waals surface area contributed by atoms with E-state index in [1.54, 1.807) is 54.2 Å². The van der Waals surface area contributed by atoms with Gasteiger partial charge in [0.1, 0.15) is 34.7 Å². The van der Waals surface area contributed by atoms with Crippen molar-refractivity contribution in [2.75, 3.05) is 21.3 Å². The number of hydrogen-bond acceptors (Lipinski definition) is 10. The van der Waals surface area contributed by atoms with Crippen LogP contribution in [0.5, 0.6) is 17.4 Å². The molecule has 2 atom stereocenters. The Morgan fingerprint density at radius 1 is 1.00 bits per heavy atom. The predicted octanol–water partition coefficient (Wildman–Crippen LogP) is 2.13. The lowest BCUT2D eigenvalue weighted by Gasteiger charge is -2.20. The van der Waals surface area contributed by atoms with Crippen molar-refractivity contribution in [3.63, 3.8) is 0 Å². The molecule has 37 heavy (non-hydrogen) atoms. The highest BCUT2D eigenvalue weighted by Crippen LogP contribution is 2.37. The molecular weight excluding hydrogens is 500 g/mol. The normalized spacial score (nSPS) is 13.2. The Hall–Kier alpha value is -3.97. The van der Waals surface area contributed by atoms with Crippen molar-refractivity contribution in [2.24, 2.45) is 7.05 Å². The fraction of sp³-hybridized carbons (Fsp3) is 0.333. The molecule has 0 fully saturated rings. The van der Waals surface area contributed by atoms with Gasteiger partial charge < -0.3 is 23.9 Å². The zero-order chi connectivity index (χ0) is 26.7. The summed E-state index contributed by atoms with van der Waals surface area (Å²) in [5.41, 5.74) is 1.05. The van der Waals surface area contributed by atoms with Crippen LogP contribution in [0.25, 0.3) is 17.2 Å². The van der Waals surface area contributed by atoms with E-state index in [9.17, 15) is 13.5 Å². The minimum Gasteiger partial charge on any atom is -0.494 e. The fourth-order valence-corrected chi connectivity index (χ4v) is 5.19.